The number of thioether (sulfide) groups is 1. The van der Waals surface area contributed by atoms with Gasteiger partial charge >= 0.3 is 0 Å². The molecule has 0 aliphatic carbocycles. The zero-order chi connectivity index (χ0) is 12.9. The first-order valence-corrected chi connectivity index (χ1v) is 8.66. The fourth-order valence-corrected chi connectivity index (χ4v) is 3.81. The van der Waals surface area contributed by atoms with Gasteiger partial charge in [0.1, 0.15) is 9.84 Å². The van der Waals surface area contributed by atoms with Gasteiger partial charge in [-0.1, -0.05) is 23.7 Å². The molecule has 1 atom stereocenters. The maximum Gasteiger partial charge on any atom is 0.148 e. The number of hydrogen-bond donors (Lipinski definition) is 1. The van der Waals surface area contributed by atoms with Crippen molar-refractivity contribution in [3.8, 4) is 0 Å². The third-order valence-electron chi connectivity index (χ3n) is 2.23. The van der Waals surface area contributed by atoms with E-state index in [4.69, 9.17) is 17.3 Å². The maximum absolute atomic E-state index is 11.0. The second-order valence-electron chi connectivity index (χ2n) is 3.78. The van der Waals surface area contributed by atoms with Gasteiger partial charge < -0.3 is 5.73 Å². The minimum atomic E-state index is -2.90. The SMILES string of the molecule is CS(=O)(=O)CCSC(CN)c1ccc(Cl)cc1. The van der Waals surface area contributed by atoms with Gasteiger partial charge in [0.15, 0.2) is 0 Å². The molecule has 0 aliphatic rings. The summed E-state index contributed by atoms with van der Waals surface area (Å²) in [7, 11) is -2.90. The molecule has 0 saturated carbocycles. The highest BCUT2D eigenvalue weighted by Crippen LogP contribution is 2.28. The number of hydrogen-bond acceptors (Lipinski definition) is 4. The van der Waals surface area contributed by atoms with E-state index in [9.17, 15) is 8.42 Å². The first-order chi connectivity index (χ1) is 7.92. The van der Waals surface area contributed by atoms with Crippen LogP contribution >= 0.6 is 23.4 Å². The molecule has 1 aromatic rings. The topological polar surface area (TPSA) is 60.2 Å². The van der Waals surface area contributed by atoms with E-state index >= 15 is 0 Å². The molecular formula is C11H16ClNO2S2. The monoisotopic (exact) mass is 293 g/mol. The lowest BCUT2D eigenvalue weighted by atomic mass is 10.1. The van der Waals surface area contributed by atoms with Gasteiger partial charge in [-0.3, -0.25) is 0 Å². The zero-order valence-electron chi connectivity index (χ0n) is 9.60. The summed E-state index contributed by atoms with van der Waals surface area (Å²) in [6, 6.07) is 7.48. The summed E-state index contributed by atoms with van der Waals surface area (Å²) in [5.41, 5.74) is 6.77. The van der Waals surface area contributed by atoms with Crippen molar-refractivity contribution in [2.75, 3.05) is 24.3 Å². The van der Waals surface area contributed by atoms with E-state index in [0.717, 1.165) is 5.56 Å². The van der Waals surface area contributed by atoms with Crippen LogP contribution in [0.5, 0.6) is 0 Å². The van der Waals surface area contributed by atoms with Gasteiger partial charge in [0.25, 0.3) is 0 Å². The molecule has 96 valence electrons. The van der Waals surface area contributed by atoms with Gasteiger partial charge in [0.2, 0.25) is 0 Å². The van der Waals surface area contributed by atoms with Crippen LogP contribution in [-0.2, 0) is 9.84 Å². The molecule has 0 aromatic heterocycles. The molecule has 17 heavy (non-hydrogen) atoms. The Hall–Kier alpha value is -0.230. The Balaban J connectivity index is 2.57. The first-order valence-electron chi connectivity index (χ1n) is 5.17. The van der Waals surface area contributed by atoms with Gasteiger partial charge in [-0.25, -0.2) is 8.42 Å². The molecule has 0 fully saturated rings. The van der Waals surface area contributed by atoms with Crippen molar-refractivity contribution in [2.24, 2.45) is 5.73 Å². The molecule has 1 rings (SSSR count). The van der Waals surface area contributed by atoms with Crippen LogP contribution in [0, 0.1) is 0 Å². The molecule has 3 nitrogen and oxygen atoms in total. The smallest absolute Gasteiger partial charge is 0.148 e. The second kappa shape index (κ2) is 6.64. The summed E-state index contributed by atoms with van der Waals surface area (Å²) in [4.78, 5) is 0. The van der Waals surface area contributed by atoms with Crippen LogP contribution in [0.4, 0.5) is 0 Å². The van der Waals surface area contributed by atoms with E-state index in [1.54, 1.807) is 11.8 Å². The summed E-state index contributed by atoms with van der Waals surface area (Å²) in [6.07, 6.45) is 1.24. The van der Waals surface area contributed by atoms with Crippen LogP contribution in [0.3, 0.4) is 0 Å². The molecule has 0 spiro atoms. The molecule has 1 unspecified atom stereocenters. The molecule has 6 heteroatoms. The molecule has 2 N–H and O–H groups in total. The Bertz CT molecular complexity index is 445. The summed E-state index contributed by atoms with van der Waals surface area (Å²) < 4.78 is 22.0. The summed E-state index contributed by atoms with van der Waals surface area (Å²) in [5, 5.41) is 0.805. The quantitative estimate of drug-likeness (QED) is 0.873. The van der Waals surface area contributed by atoms with E-state index in [-0.39, 0.29) is 11.0 Å². The highest BCUT2D eigenvalue weighted by atomic mass is 35.5. The lowest BCUT2D eigenvalue weighted by Gasteiger charge is -2.14. The van der Waals surface area contributed by atoms with Crippen molar-refractivity contribution < 1.29 is 8.42 Å². The highest BCUT2D eigenvalue weighted by molar-refractivity contribution is 8.00. The van der Waals surface area contributed by atoms with Crippen LogP contribution < -0.4 is 5.73 Å². The number of sulfone groups is 1. The Kier molecular flexibility index (Phi) is 5.79. The van der Waals surface area contributed by atoms with Crippen molar-refractivity contribution in [3.63, 3.8) is 0 Å². The highest BCUT2D eigenvalue weighted by Gasteiger charge is 2.11. The predicted molar refractivity (Wildman–Crippen MR) is 75.4 cm³/mol. The number of benzene rings is 1. The van der Waals surface area contributed by atoms with Gasteiger partial charge in [-0.05, 0) is 17.7 Å². The van der Waals surface area contributed by atoms with E-state index in [2.05, 4.69) is 0 Å². The molecule has 0 radical (unpaired) electrons. The van der Waals surface area contributed by atoms with E-state index in [1.165, 1.54) is 6.26 Å². The Morgan fingerprint density at radius 1 is 1.35 bits per heavy atom. The second-order valence-corrected chi connectivity index (χ2v) is 7.78. The Labute approximate surface area is 112 Å². The molecule has 0 bridgehead atoms. The number of halogens is 1. The molecule has 0 saturated heterocycles. The summed E-state index contributed by atoms with van der Waals surface area (Å²) in [6.45, 7) is 0.482. The van der Waals surface area contributed by atoms with Crippen LogP contribution in [0.25, 0.3) is 0 Å². The molecule has 0 amide bonds. The van der Waals surface area contributed by atoms with E-state index in [1.807, 2.05) is 24.3 Å². The first kappa shape index (κ1) is 14.8. The summed E-state index contributed by atoms with van der Waals surface area (Å²) in [5.74, 6) is 0.741. The van der Waals surface area contributed by atoms with E-state index < -0.39 is 9.84 Å². The van der Waals surface area contributed by atoms with Crippen LogP contribution in [0.2, 0.25) is 5.02 Å². The lowest BCUT2D eigenvalue weighted by molar-refractivity contribution is 0.603. The van der Waals surface area contributed by atoms with E-state index in [0.29, 0.717) is 17.3 Å². The zero-order valence-corrected chi connectivity index (χ0v) is 12.0. The summed E-state index contributed by atoms with van der Waals surface area (Å²) >= 11 is 7.37. The van der Waals surface area contributed by atoms with Gasteiger partial charge in [0, 0.05) is 28.8 Å². The van der Waals surface area contributed by atoms with Crippen LogP contribution in [0.15, 0.2) is 24.3 Å². The molecule has 0 aliphatic heterocycles. The van der Waals surface area contributed by atoms with Gasteiger partial charge in [-0.2, -0.15) is 11.8 Å². The Morgan fingerprint density at radius 2 is 1.94 bits per heavy atom. The van der Waals surface area contributed by atoms with Crippen molar-refractivity contribution in [1.82, 2.24) is 0 Å². The average molecular weight is 294 g/mol. The maximum atomic E-state index is 11.0. The van der Waals surface area contributed by atoms with Gasteiger partial charge in [-0.15, -0.1) is 0 Å². The fourth-order valence-electron chi connectivity index (χ4n) is 1.32. The standard InChI is InChI=1S/C11H16ClNO2S2/c1-17(14,15)7-6-16-11(8-13)9-2-4-10(12)5-3-9/h2-5,11H,6-8,13H2,1H3. The predicted octanol–water partition coefficient (Wildman–Crippen LogP) is 2.12. The number of nitrogens with two attached hydrogens (primary N) is 1. The minimum absolute atomic E-state index is 0.119. The normalized spacial score (nSPS) is 13.6. The van der Waals surface area contributed by atoms with Crippen LogP contribution in [0.1, 0.15) is 10.8 Å². The molecular weight excluding hydrogens is 278 g/mol. The number of rotatable bonds is 6. The third kappa shape index (κ3) is 5.77. The molecule has 0 heterocycles. The van der Waals surface area contributed by atoms with Crippen molar-refractivity contribution in [2.45, 2.75) is 5.25 Å². The largest absolute Gasteiger partial charge is 0.329 e. The van der Waals surface area contributed by atoms with Crippen LogP contribution in [-0.4, -0.2) is 32.7 Å². The van der Waals surface area contributed by atoms with Gasteiger partial charge in [0.05, 0.1) is 5.75 Å². The lowest BCUT2D eigenvalue weighted by Crippen LogP contribution is -2.12. The average Bonchev–Trinajstić information content (AvgIpc) is 2.24. The van der Waals surface area contributed by atoms with Crippen molar-refractivity contribution >= 4 is 33.2 Å². The van der Waals surface area contributed by atoms with Crippen molar-refractivity contribution in [3.05, 3.63) is 34.9 Å². The minimum Gasteiger partial charge on any atom is -0.329 e. The van der Waals surface area contributed by atoms with Crippen molar-refractivity contribution in [1.29, 1.82) is 0 Å². The third-order valence-corrected chi connectivity index (χ3v) is 4.99. The molecule has 1 aromatic carbocycles. The fraction of sp³-hybridized carbons (Fsp3) is 0.455. The Morgan fingerprint density at radius 3 is 2.41 bits per heavy atom.